The molecule has 8 aromatic carbocycles. The average Bonchev–Trinajstić information content (AvgIpc) is 1.53. The first kappa shape index (κ1) is 91.1. The quantitative estimate of drug-likeness (QED) is 0.0263. The van der Waals surface area contributed by atoms with Gasteiger partial charge in [0, 0.05) is 51.0 Å². The van der Waals surface area contributed by atoms with Gasteiger partial charge in [-0.05, 0) is 256 Å². The first-order valence-electron chi connectivity index (χ1n) is 41.2. The highest BCUT2D eigenvalue weighted by molar-refractivity contribution is 9.11. The summed E-state index contributed by atoms with van der Waals surface area (Å²) >= 11 is 43.5. The molecule has 0 aliphatic heterocycles. The third-order valence-electron chi connectivity index (χ3n) is 24.2. The number of nitriles is 8. The largest absolute Gasteiger partial charge is 0.192 e. The van der Waals surface area contributed by atoms with Crippen LogP contribution in [0.5, 0.6) is 0 Å². The van der Waals surface area contributed by atoms with Gasteiger partial charge in [-0.1, -0.05) is 339 Å². The Balaban J connectivity index is 0.000000212. The molecule has 18 heteroatoms. The monoisotopic (exact) mass is 1930 g/mol. The fourth-order valence-corrected chi connectivity index (χ4v) is 20.5. The number of halogens is 10. The Hall–Kier alpha value is -7.70. The first-order valence-corrected chi connectivity index (χ1v) is 47.0. The van der Waals surface area contributed by atoms with Crippen molar-refractivity contribution in [3.63, 3.8) is 0 Å². The number of hydrogen-bond acceptors (Lipinski definition) is 8. The molecule has 0 saturated heterocycles. The minimum atomic E-state index is -0.750. The molecule has 0 spiro atoms. The van der Waals surface area contributed by atoms with Crippen LogP contribution in [0.2, 0.25) is 0 Å². The molecular formula is C100H90Br4Cl6N8. The van der Waals surface area contributed by atoms with E-state index < -0.39 is 8.59 Å². The third-order valence-corrected chi connectivity index (χ3v) is 26.2. The van der Waals surface area contributed by atoms with Gasteiger partial charge in [-0.25, -0.2) is 0 Å². The number of rotatable bonds is 28. The maximum absolute atomic E-state index is 10.2. The molecule has 6 aliphatic carbocycles. The predicted octanol–water partition coefficient (Wildman–Crippen LogP) is 33.2. The van der Waals surface area contributed by atoms with Crippen LogP contribution in [0, 0.1) is 90.6 Å². The topological polar surface area (TPSA) is 190 Å². The van der Waals surface area contributed by atoms with Gasteiger partial charge >= 0.3 is 0 Å². The molecule has 0 radical (unpaired) electrons. The molecule has 0 amide bonds. The summed E-state index contributed by atoms with van der Waals surface area (Å²) < 4.78 is 2.10. The lowest BCUT2D eigenvalue weighted by molar-refractivity contribution is 0.398. The Labute approximate surface area is 760 Å². The minimum Gasteiger partial charge on any atom is -0.192 e. The second kappa shape index (κ2) is 42.2. The zero-order chi connectivity index (χ0) is 84.5. The van der Waals surface area contributed by atoms with E-state index in [0.717, 1.165) is 181 Å². The van der Waals surface area contributed by atoms with Crippen molar-refractivity contribution in [3.8, 4) is 115 Å². The van der Waals surface area contributed by atoms with E-state index >= 15 is 0 Å². The van der Waals surface area contributed by atoms with Crippen molar-refractivity contribution in [2.45, 2.75) is 227 Å². The molecule has 0 aromatic heterocycles. The highest BCUT2D eigenvalue weighted by atomic mass is 79.9. The summed E-state index contributed by atoms with van der Waals surface area (Å²) in [5.41, 5.74) is 28.1. The Morgan fingerprint density at radius 3 is 0.585 bits per heavy atom. The second-order valence-electron chi connectivity index (χ2n) is 31.2. The van der Waals surface area contributed by atoms with E-state index in [1.54, 1.807) is 0 Å². The van der Waals surface area contributed by atoms with E-state index in [0.29, 0.717) is 22.3 Å². The molecule has 8 aromatic rings. The van der Waals surface area contributed by atoms with Crippen LogP contribution in [0.1, 0.15) is 274 Å². The number of unbranched alkanes of at least 4 members (excludes halogenated alkanes) is 20. The summed E-state index contributed by atoms with van der Waals surface area (Å²) in [5.74, 6) is 0. The zero-order valence-electron chi connectivity index (χ0n) is 66.9. The number of alkyl halides is 6. The Morgan fingerprint density at radius 1 is 0.237 bits per heavy atom. The van der Waals surface area contributed by atoms with Crippen molar-refractivity contribution in [2.75, 3.05) is 0 Å². The van der Waals surface area contributed by atoms with E-state index in [4.69, 9.17) is 69.6 Å². The average molecular weight is 1940 g/mol. The van der Waals surface area contributed by atoms with E-state index in [1.165, 1.54) is 151 Å². The number of nitrogens with zero attached hydrogens (tertiary/aromatic N) is 8. The van der Waals surface area contributed by atoms with Crippen molar-refractivity contribution in [3.05, 3.63) is 228 Å². The number of allylic oxidation sites excluding steroid dienone is 4. The molecule has 8 nitrogen and oxygen atoms in total. The Bertz CT molecular complexity index is 4950. The number of fused-ring (bicyclic) bond motifs is 18. The molecule has 600 valence electrons. The van der Waals surface area contributed by atoms with Gasteiger partial charge in [-0.2, -0.15) is 42.1 Å². The molecule has 0 heterocycles. The summed E-state index contributed by atoms with van der Waals surface area (Å²) in [4.78, 5) is 0. The van der Waals surface area contributed by atoms with Gasteiger partial charge in [0.05, 0.1) is 0 Å². The van der Waals surface area contributed by atoms with Crippen molar-refractivity contribution in [1.82, 2.24) is 0 Å². The zero-order valence-corrected chi connectivity index (χ0v) is 77.7. The number of hydrogen-bond donors (Lipinski definition) is 0. The normalized spacial score (nSPS) is 13.1. The van der Waals surface area contributed by atoms with Crippen molar-refractivity contribution < 1.29 is 0 Å². The maximum atomic E-state index is 10.2. The fourth-order valence-electron chi connectivity index (χ4n) is 19.1. The molecule has 0 unspecified atom stereocenters. The van der Waals surface area contributed by atoms with Crippen LogP contribution in [-0.4, -0.2) is 8.59 Å². The third kappa shape index (κ3) is 19.0. The molecule has 0 bridgehead atoms. The lowest BCUT2D eigenvalue weighted by Crippen LogP contribution is -2.26. The highest BCUT2D eigenvalue weighted by Gasteiger charge is 2.48. The lowest BCUT2D eigenvalue weighted by atomic mass is 9.69. The molecule has 14 rings (SSSR count). The second-order valence-corrected chi connectivity index (χ2v) is 38.8. The summed E-state index contributed by atoms with van der Waals surface area (Å²) in [7, 11) is 0. The van der Waals surface area contributed by atoms with Gasteiger partial charge in [0.1, 0.15) is 70.8 Å². The molecular weight excluding hydrogens is 1850 g/mol. The first-order chi connectivity index (χ1) is 57.2. The van der Waals surface area contributed by atoms with Crippen molar-refractivity contribution in [2.24, 2.45) is 0 Å². The molecule has 0 saturated carbocycles. The minimum absolute atomic E-state index is 0.106. The van der Waals surface area contributed by atoms with E-state index in [9.17, 15) is 42.1 Å². The SMILES string of the molecule is CCCCCCCCC1(CCCCCCCC)c2cc3c(cc2-c2cc4c(cc21)-c1ccc(Br)cc1C4=C(C#N)C#N)C(=C(C#N)C#N)c1cc(Br)ccc1-3.CCCCCCCCC1(CCCCCCCC)c2cc3c(cc2-c2cc4c(cc21)-c1ccc(Br)cc1C4=C(C#N)C#N)C(=C(C#N)C#N)c1cc(Br)ccc1-3.ClC(Cl)Cl.ClC(Cl)Cl. The smallest absolute Gasteiger partial charge is 0.180 e. The van der Waals surface area contributed by atoms with E-state index in [1.807, 2.05) is 48.5 Å². The standard InChI is InChI=1S/2C49H44Br2N4.2CHCl3/c2*1-3-5-7-9-11-13-19-49(20-14-12-10-8-6-4-2)45-25-37-35-17-15-33(50)21-41(35)47(31(27-52)28-53)43(37)23-39(45)40-24-44-38(26-46(40)49)36-18-16-34(51)22-42(36)48(44)32(29-54)30-55;2*2-1(3)4/h2*15-18,21-26H,3-14,19-20H2,1-2H3;2*1H. The van der Waals surface area contributed by atoms with Crippen LogP contribution in [0.15, 0.2) is 162 Å². The van der Waals surface area contributed by atoms with Crippen LogP contribution in [-0.2, 0) is 10.8 Å². The van der Waals surface area contributed by atoms with Gasteiger partial charge in [0.2, 0.25) is 0 Å². The van der Waals surface area contributed by atoms with E-state index in [-0.39, 0.29) is 33.1 Å². The van der Waals surface area contributed by atoms with Gasteiger partial charge in [-0.3, -0.25) is 0 Å². The number of benzene rings is 8. The van der Waals surface area contributed by atoms with Crippen LogP contribution in [0.3, 0.4) is 0 Å². The Morgan fingerprint density at radius 2 is 0.407 bits per heavy atom. The van der Waals surface area contributed by atoms with Gasteiger partial charge in [-0.15, -0.1) is 0 Å². The van der Waals surface area contributed by atoms with E-state index in [2.05, 4.69) is 213 Å². The van der Waals surface area contributed by atoms with Gasteiger partial charge in [0.15, 0.2) is 8.59 Å². The summed E-state index contributed by atoms with van der Waals surface area (Å²) in [6.07, 6.45) is 33.3. The summed E-state index contributed by atoms with van der Waals surface area (Å²) in [6.45, 7) is 9.06. The lowest BCUT2D eigenvalue weighted by Gasteiger charge is -2.33. The predicted molar refractivity (Wildman–Crippen MR) is 502 cm³/mol. The molecule has 0 fully saturated rings. The molecule has 0 N–H and O–H groups in total. The van der Waals surface area contributed by atoms with Gasteiger partial charge in [0.25, 0.3) is 0 Å². The summed E-state index contributed by atoms with van der Waals surface area (Å²) in [5, 5.41) is 81.8. The Kier molecular flexibility index (Phi) is 32.6. The fraction of sp³-hybridized carbons (Fsp3) is 0.360. The van der Waals surface area contributed by atoms with Crippen LogP contribution in [0.25, 0.3) is 89.1 Å². The molecule has 118 heavy (non-hydrogen) atoms. The molecule has 0 atom stereocenters. The van der Waals surface area contributed by atoms with Crippen molar-refractivity contribution in [1.29, 1.82) is 42.1 Å². The van der Waals surface area contributed by atoms with Crippen LogP contribution < -0.4 is 0 Å². The van der Waals surface area contributed by atoms with Gasteiger partial charge < -0.3 is 0 Å². The molecule has 6 aliphatic rings. The maximum Gasteiger partial charge on any atom is 0.180 e. The highest BCUT2D eigenvalue weighted by Crippen LogP contribution is 2.64. The van der Waals surface area contributed by atoms with Crippen LogP contribution >= 0.6 is 133 Å². The van der Waals surface area contributed by atoms with Crippen molar-refractivity contribution >= 4 is 156 Å². The summed E-state index contributed by atoms with van der Waals surface area (Å²) in [6, 6.07) is 61.0. The van der Waals surface area contributed by atoms with Crippen LogP contribution in [0.4, 0.5) is 0 Å².